The van der Waals surface area contributed by atoms with Gasteiger partial charge in [0.25, 0.3) is 0 Å². The van der Waals surface area contributed by atoms with Crippen molar-refractivity contribution < 1.29 is 0 Å². The fourth-order valence-electron chi connectivity index (χ4n) is 1.82. The standard InChI is InChI=1S/C14H23N5S2/c1(13-16-3-4-17-13)9-20-11-7-15-8-12-21-10-2-14-18-5-6-19-14/h3-6,15H,1-2,7-12H2,(H,16,17)(H,18,19). The van der Waals surface area contributed by atoms with Gasteiger partial charge in [-0.15, -0.1) is 0 Å². The minimum Gasteiger partial charge on any atom is -0.349 e. The highest BCUT2D eigenvalue weighted by molar-refractivity contribution is 7.99. The molecule has 0 atom stereocenters. The van der Waals surface area contributed by atoms with E-state index in [1.807, 2.05) is 48.3 Å². The van der Waals surface area contributed by atoms with Crippen LogP contribution in [0.3, 0.4) is 0 Å². The molecular formula is C14H23N5S2. The first-order valence-corrected chi connectivity index (χ1v) is 9.59. The first-order valence-electron chi connectivity index (χ1n) is 7.28. The fourth-order valence-corrected chi connectivity index (χ4v) is 3.49. The molecule has 0 saturated heterocycles. The van der Waals surface area contributed by atoms with Crippen LogP contribution in [-0.2, 0) is 12.8 Å². The summed E-state index contributed by atoms with van der Waals surface area (Å²) in [6.07, 6.45) is 9.44. The number of hydrogen-bond donors (Lipinski definition) is 3. The van der Waals surface area contributed by atoms with Crippen LogP contribution in [0, 0.1) is 0 Å². The molecule has 0 spiro atoms. The van der Waals surface area contributed by atoms with E-state index in [4.69, 9.17) is 0 Å². The topological polar surface area (TPSA) is 69.4 Å². The highest BCUT2D eigenvalue weighted by atomic mass is 32.2. The molecule has 0 unspecified atom stereocenters. The number of hydrogen-bond acceptors (Lipinski definition) is 5. The van der Waals surface area contributed by atoms with E-state index < -0.39 is 0 Å². The fraction of sp³-hybridized carbons (Fsp3) is 0.571. The average molecular weight is 326 g/mol. The Balaban J connectivity index is 1.31. The smallest absolute Gasteiger partial charge is 0.106 e. The largest absolute Gasteiger partial charge is 0.349 e. The van der Waals surface area contributed by atoms with Crippen molar-refractivity contribution >= 4 is 23.5 Å². The Morgan fingerprint density at radius 1 is 0.810 bits per heavy atom. The molecule has 0 bridgehead atoms. The summed E-state index contributed by atoms with van der Waals surface area (Å²) in [4.78, 5) is 14.7. The van der Waals surface area contributed by atoms with Gasteiger partial charge in [0.2, 0.25) is 0 Å². The lowest BCUT2D eigenvalue weighted by atomic mass is 10.5. The van der Waals surface area contributed by atoms with Gasteiger partial charge in [-0.3, -0.25) is 0 Å². The van der Waals surface area contributed by atoms with Crippen molar-refractivity contribution in [3.05, 3.63) is 36.4 Å². The molecule has 3 N–H and O–H groups in total. The summed E-state index contributed by atoms with van der Waals surface area (Å²) in [6.45, 7) is 2.17. The maximum absolute atomic E-state index is 4.22. The number of thioether (sulfide) groups is 2. The lowest BCUT2D eigenvalue weighted by Crippen LogP contribution is -2.20. The molecule has 0 fully saturated rings. The molecule has 0 aromatic carbocycles. The Morgan fingerprint density at radius 3 is 1.76 bits per heavy atom. The summed E-state index contributed by atoms with van der Waals surface area (Å²) in [5.41, 5.74) is 0. The second-order valence-corrected chi connectivity index (χ2v) is 7.00. The van der Waals surface area contributed by atoms with Crippen LogP contribution in [0.25, 0.3) is 0 Å². The number of nitrogens with one attached hydrogen (secondary N) is 3. The first-order chi connectivity index (χ1) is 10.4. The van der Waals surface area contributed by atoms with Crippen molar-refractivity contribution in [1.29, 1.82) is 0 Å². The summed E-state index contributed by atoms with van der Waals surface area (Å²) in [7, 11) is 0. The third-order valence-corrected chi connectivity index (χ3v) is 4.89. The molecule has 2 aromatic heterocycles. The van der Waals surface area contributed by atoms with Crippen molar-refractivity contribution in [1.82, 2.24) is 25.3 Å². The van der Waals surface area contributed by atoms with Gasteiger partial charge in [0, 0.05) is 73.7 Å². The van der Waals surface area contributed by atoms with Gasteiger partial charge in [-0.2, -0.15) is 23.5 Å². The molecule has 2 heterocycles. The Bertz CT molecular complexity index is 402. The molecule has 0 radical (unpaired) electrons. The molecule has 0 saturated carbocycles. The number of aromatic amines is 2. The zero-order chi connectivity index (χ0) is 14.6. The maximum atomic E-state index is 4.22. The predicted octanol–water partition coefficient (Wildman–Crippen LogP) is 1.97. The van der Waals surface area contributed by atoms with Crippen molar-refractivity contribution in [3.8, 4) is 0 Å². The van der Waals surface area contributed by atoms with Gasteiger partial charge in [-0.05, 0) is 0 Å². The van der Waals surface area contributed by atoms with Gasteiger partial charge in [0.05, 0.1) is 0 Å². The number of nitrogens with zero attached hydrogens (tertiary/aromatic N) is 2. The van der Waals surface area contributed by atoms with Crippen molar-refractivity contribution in [2.75, 3.05) is 36.1 Å². The van der Waals surface area contributed by atoms with Gasteiger partial charge < -0.3 is 15.3 Å². The molecule has 5 nitrogen and oxygen atoms in total. The van der Waals surface area contributed by atoms with Crippen LogP contribution in [-0.4, -0.2) is 56.0 Å². The van der Waals surface area contributed by atoms with Crippen LogP contribution in [0.1, 0.15) is 11.6 Å². The summed E-state index contributed by atoms with van der Waals surface area (Å²) in [5.74, 6) is 6.77. The molecule has 0 aliphatic carbocycles. The minimum absolute atomic E-state index is 1.03. The Labute approximate surface area is 134 Å². The van der Waals surface area contributed by atoms with E-state index in [-0.39, 0.29) is 0 Å². The molecule has 2 aromatic rings. The number of aryl methyl sites for hydroxylation is 2. The van der Waals surface area contributed by atoms with E-state index in [1.54, 1.807) is 0 Å². The number of aromatic nitrogens is 4. The van der Waals surface area contributed by atoms with Crippen LogP contribution >= 0.6 is 23.5 Å². The van der Waals surface area contributed by atoms with E-state index in [0.29, 0.717) is 0 Å². The SMILES string of the molecule is c1c[nH]c(CCSCCNCCSCCc2ncc[nH]2)n1. The van der Waals surface area contributed by atoms with Gasteiger partial charge >= 0.3 is 0 Å². The third kappa shape index (κ3) is 7.59. The van der Waals surface area contributed by atoms with Crippen LogP contribution in [0.2, 0.25) is 0 Å². The van der Waals surface area contributed by atoms with Crippen molar-refractivity contribution in [2.45, 2.75) is 12.8 Å². The second kappa shape index (κ2) is 10.8. The molecule has 0 aliphatic heterocycles. The van der Waals surface area contributed by atoms with Gasteiger partial charge in [0.15, 0.2) is 0 Å². The van der Waals surface area contributed by atoms with E-state index in [0.717, 1.165) is 60.6 Å². The molecule has 7 heteroatoms. The van der Waals surface area contributed by atoms with Crippen LogP contribution in [0.4, 0.5) is 0 Å². The van der Waals surface area contributed by atoms with E-state index >= 15 is 0 Å². The summed E-state index contributed by atoms with van der Waals surface area (Å²) >= 11 is 3.95. The molecular weight excluding hydrogens is 302 g/mol. The van der Waals surface area contributed by atoms with Gasteiger partial charge in [-0.25, -0.2) is 9.97 Å². The van der Waals surface area contributed by atoms with Gasteiger partial charge in [-0.1, -0.05) is 0 Å². The third-order valence-electron chi connectivity index (χ3n) is 2.92. The number of H-pyrrole nitrogens is 2. The second-order valence-electron chi connectivity index (χ2n) is 4.55. The van der Waals surface area contributed by atoms with Gasteiger partial charge in [0.1, 0.15) is 11.6 Å². The monoisotopic (exact) mass is 325 g/mol. The molecule has 21 heavy (non-hydrogen) atoms. The highest BCUT2D eigenvalue weighted by Gasteiger charge is 1.96. The van der Waals surface area contributed by atoms with Crippen LogP contribution in [0.5, 0.6) is 0 Å². The summed E-state index contributed by atoms with van der Waals surface area (Å²) < 4.78 is 0. The quantitative estimate of drug-likeness (QED) is 0.521. The molecule has 0 aliphatic rings. The molecule has 0 amide bonds. The maximum Gasteiger partial charge on any atom is 0.106 e. The normalized spacial score (nSPS) is 11.0. The van der Waals surface area contributed by atoms with E-state index in [2.05, 4.69) is 25.3 Å². The zero-order valence-corrected chi connectivity index (χ0v) is 13.8. The lowest BCUT2D eigenvalue weighted by Gasteiger charge is -2.04. The number of rotatable bonds is 12. The summed E-state index contributed by atoms with van der Waals surface area (Å²) in [6, 6.07) is 0. The lowest BCUT2D eigenvalue weighted by molar-refractivity contribution is 0.773. The van der Waals surface area contributed by atoms with Crippen LogP contribution < -0.4 is 5.32 Å². The first kappa shape index (κ1) is 16.5. The number of imidazole rings is 2. The van der Waals surface area contributed by atoms with E-state index in [1.165, 1.54) is 0 Å². The minimum atomic E-state index is 1.03. The van der Waals surface area contributed by atoms with Crippen molar-refractivity contribution in [3.63, 3.8) is 0 Å². The zero-order valence-electron chi connectivity index (χ0n) is 12.2. The Hall–Kier alpha value is -0.920. The van der Waals surface area contributed by atoms with E-state index in [9.17, 15) is 0 Å². The average Bonchev–Trinajstić information content (AvgIpc) is 3.18. The predicted molar refractivity (Wildman–Crippen MR) is 92.1 cm³/mol. The molecule has 116 valence electrons. The Kier molecular flexibility index (Phi) is 8.43. The van der Waals surface area contributed by atoms with Crippen LogP contribution in [0.15, 0.2) is 24.8 Å². The van der Waals surface area contributed by atoms with Crippen molar-refractivity contribution in [2.24, 2.45) is 0 Å². The molecule has 2 rings (SSSR count). The summed E-state index contributed by atoms with van der Waals surface area (Å²) in [5, 5.41) is 3.48. The Morgan fingerprint density at radius 2 is 1.33 bits per heavy atom. The highest BCUT2D eigenvalue weighted by Crippen LogP contribution is 2.04.